The molecule has 2 rings (SSSR count). The van der Waals surface area contributed by atoms with E-state index in [0.29, 0.717) is 35.1 Å². The Bertz CT molecular complexity index is 687. The van der Waals surface area contributed by atoms with E-state index in [1.807, 2.05) is 6.92 Å². The fourth-order valence-electron chi connectivity index (χ4n) is 2.38. The molecular formula is C17H20ClNO4S. The number of anilines is 1. The molecule has 1 aromatic carbocycles. The van der Waals surface area contributed by atoms with Gasteiger partial charge in [-0.15, -0.1) is 11.8 Å². The molecule has 1 aromatic rings. The molecule has 0 atom stereocenters. The number of ether oxygens (including phenoxy) is 1. The van der Waals surface area contributed by atoms with Crippen LogP contribution in [0.2, 0.25) is 5.02 Å². The lowest BCUT2D eigenvalue weighted by Gasteiger charge is -2.18. The predicted molar refractivity (Wildman–Crippen MR) is 96.8 cm³/mol. The number of halogens is 1. The van der Waals surface area contributed by atoms with Crippen molar-refractivity contribution in [2.24, 2.45) is 0 Å². The molecule has 0 spiro atoms. The minimum absolute atomic E-state index is 0.00109. The maximum Gasteiger partial charge on any atom is 0.337 e. The average molecular weight is 370 g/mol. The van der Waals surface area contributed by atoms with Gasteiger partial charge in [-0.3, -0.25) is 4.79 Å². The molecular weight excluding hydrogens is 350 g/mol. The Morgan fingerprint density at radius 1 is 1.42 bits per heavy atom. The second kappa shape index (κ2) is 8.44. The van der Waals surface area contributed by atoms with Crippen molar-refractivity contribution in [1.29, 1.82) is 0 Å². The molecule has 130 valence electrons. The quantitative estimate of drug-likeness (QED) is 0.781. The third-order valence-corrected chi connectivity index (χ3v) is 5.19. The van der Waals surface area contributed by atoms with Crippen LogP contribution in [0.1, 0.15) is 42.6 Å². The van der Waals surface area contributed by atoms with Gasteiger partial charge in [-0.2, -0.15) is 0 Å². The molecule has 1 aliphatic heterocycles. The first kappa shape index (κ1) is 18.7. The molecule has 0 saturated heterocycles. The molecule has 24 heavy (non-hydrogen) atoms. The van der Waals surface area contributed by atoms with Crippen LogP contribution in [-0.2, 0) is 16.0 Å². The molecule has 0 fully saturated rings. The van der Waals surface area contributed by atoms with Crippen LogP contribution >= 0.6 is 23.4 Å². The van der Waals surface area contributed by atoms with Crippen molar-refractivity contribution in [3.05, 3.63) is 38.9 Å². The number of aromatic carboxylic acids is 1. The monoisotopic (exact) mass is 369 g/mol. The average Bonchev–Trinajstić information content (AvgIpc) is 2.55. The summed E-state index contributed by atoms with van der Waals surface area (Å²) in [6.07, 6.45) is 2.53. The van der Waals surface area contributed by atoms with Crippen LogP contribution in [0.5, 0.6) is 0 Å². The van der Waals surface area contributed by atoms with Crippen molar-refractivity contribution in [2.45, 2.75) is 33.1 Å². The molecule has 5 nitrogen and oxygen atoms in total. The largest absolute Gasteiger partial charge is 0.496 e. The Balaban J connectivity index is 2.30. The summed E-state index contributed by atoms with van der Waals surface area (Å²) < 4.78 is 5.39. The summed E-state index contributed by atoms with van der Waals surface area (Å²) in [4.78, 5) is 24.3. The number of carbonyl (C=O) groups excluding carboxylic acids is 1. The van der Waals surface area contributed by atoms with Crippen LogP contribution in [0.3, 0.4) is 0 Å². The van der Waals surface area contributed by atoms with Gasteiger partial charge < -0.3 is 15.2 Å². The van der Waals surface area contributed by atoms with Crippen molar-refractivity contribution in [2.75, 3.05) is 17.7 Å². The number of carboxylic acids is 1. The van der Waals surface area contributed by atoms with E-state index in [0.717, 1.165) is 18.4 Å². The molecule has 0 unspecified atom stereocenters. The van der Waals surface area contributed by atoms with Crippen molar-refractivity contribution in [3.63, 3.8) is 0 Å². The Kier molecular flexibility index (Phi) is 6.57. The zero-order chi connectivity index (χ0) is 17.7. The van der Waals surface area contributed by atoms with Crippen LogP contribution in [0, 0.1) is 0 Å². The third kappa shape index (κ3) is 4.45. The van der Waals surface area contributed by atoms with Gasteiger partial charge in [0.25, 0.3) is 5.91 Å². The third-order valence-electron chi connectivity index (χ3n) is 3.61. The number of benzene rings is 1. The Labute approximate surface area is 150 Å². The highest BCUT2D eigenvalue weighted by Gasteiger charge is 2.21. The van der Waals surface area contributed by atoms with E-state index in [-0.39, 0.29) is 16.5 Å². The fourth-order valence-corrected chi connectivity index (χ4v) is 3.48. The predicted octanol–water partition coefficient (Wildman–Crippen LogP) is 4.31. The minimum Gasteiger partial charge on any atom is -0.496 e. The van der Waals surface area contributed by atoms with Gasteiger partial charge >= 0.3 is 5.97 Å². The van der Waals surface area contributed by atoms with Gasteiger partial charge in [0.15, 0.2) is 0 Å². The first-order valence-corrected chi connectivity index (χ1v) is 9.14. The SMILES string of the molecule is CCCCc1cc(NC(=O)C2=C(C)OCCS2)cc(C(=O)O)c1Cl. The van der Waals surface area contributed by atoms with Gasteiger partial charge in [0.05, 0.1) is 17.2 Å². The maximum absolute atomic E-state index is 12.4. The number of rotatable bonds is 6. The number of carbonyl (C=O) groups is 2. The zero-order valence-corrected chi connectivity index (χ0v) is 15.2. The lowest BCUT2D eigenvalue weighted by atomic mass is 10.0. The Morgan fingerprint density at radius 3 is 2.79 bits per heavy atom. The first-order valence-electron chi connectivity index (χ1n) is 7.77. The Hall–Kier alpha value is -1.66. The highest BCUT2D eigenvalue weighted by atomic mass is 35.5. The number of nitrogens with one attached hydrogen (secondary N) is 1. The van der Waals surface area contributed by atoms with Gasteiger partial charge in [-0.05, 0) is 37.5 Å². The van der Waals surface area contributed by atoms with Gasteiger partial charge in [0.2, 0.25) is 0 Å². The van der Waals surface area contributed by atoms with Crippen LogP contribution in [0.4, 0.5) is 5.69 Å². The fraction of sp³-hybridized carbons (Fsp3) is 0.412. The smallest absolute Gasteiger partial charge is 0.337 e. The number of carboxylic acid groups (broad SMARTS) is 1. The van der Waals surface area contributed by atoms with Crippen LogP contribution < -0.4 is 5.32 Å². The van der Waals surface area contributed by atoms with E-state index < -0.39 is 5.97 Å². The van der Waals surface area contributed by atoms with Gasteiger partial charge in [-0.25, -0.2) is 4.79 Å². The highest BCUT2D eigenvalue weighted by Crippen LogP contribution is 2.30. The number of amides is 1. The molecule has 0 saturated carbocycles. The summed E-state index contributed by atoms with van der Waals surface area (Å²) in [7, 11) is 0. The number of hydrogen-bond donors (Lipinski definition) is 2. The number of aryl methyl sites for hydroxylation is 1. The topological polar surface area (TPSA) is 75.6 Å². The summed E-state index contributed by atoms with van der Waals surface area (Å²) in [5, 5.41) is 12.3. The second-order valence-corrected chi connectivity index (χ2v) is 6.93. The number of hydrogen-bond acceptors (Lipinski definition) is 4. The van der Waals surface area contributed by atoms with Crippen LogP contribution in [0.15, 0.2) is 22.8 Å². The minimum atomic E-state index is -1.11. The first-order chi connectivity index (χ1) is 11.4. The molecule has 1 heterocycles. The zero-order valence-electron chi connectivity index (χ0n) is 13.6. The van der Waals surface area contributed by atoms with E-state index >= 15 is 0 Å². The Morgan fingerprint density at radius 2 is 2.17 bits per heavy atom. The molecule has 1 aliphatic rings. The number of unbranched alkanes of at least 4 members (excludes halogenated alkanes) is 1. The highest BCUT2D eigenvalue weighted by molar-refractivity contribution is 8.04. The molecule has 0 aromatic heterocycles. The second-order valence-electron chi connectivity index (χ2n) is 5.44. The molecule has 0 bridgehead atoms. The normalized spacial score (nSPS) is 14.3. The molecule has 0 radical (unpaired) electrons. The van der Waals surface area contributed by atoms with Gasteiger partial charge in [0.1, 0.15) is 10.7 Å². The van der Waals surface area contributed by atoms with Crippen molar-refractivity contribution in [3.8, 4) is 0 Å². The lowest BCUT2D eigenvalue weighted by Crippen LogP contribution is -2.19. The molecule has 7 heteroatoms. The lowest BCUT2D eigenvalue weighted by molar-refractivity contribution is -0.112. The molecule has 2 N–H and O–H groups in total. The van der Waals surface area contributed by atoms with Crippen molar-refractivity contribution >= 4 is 40.9 Å². The van der Waals surface area contributed by atoms with Gasteiger partial charge in [0, 0.05) is 11.4 Å². The number of thioether (sulfide) groups is 1. The molecule has 1 amide bonds. The van der Waals surface area contributed by atoms with Crippen LogP contribution in [0.25, 0.3) is 0 Å². The van der Waals surface area contributed by atoms with E-state index in [4.69, 9.17) is 16.3 Å². The standard InChI is InChI=1S/C17H20ClNO4S/c1-3-4-5-11-8-12(9-13(14(11)18)17(21)22)19-16(20)15-10(2)23-6-7-24-15/h8-9H,3-7H2,1-2H3,(H,19,20)(H,21,22). The summed E-state index contributed by atoms with van der Waals surface area (Å²) in [5.74, 6) is -0.109. The van der Waals surface area contributed by atoms with E-state index in [1.54, 1.807) is 13.0 Å². The van der Waals surface area contributed by atoms with E-state index in [1.165, 1.54) is 17.8 Å². The van der Waals surface area contributed by atoms with Gasteiger partial charge in [-0.1, -0.05) is 24.9 Å². The van der Waals surface area contributed by atoms with Crippen molar-refractivity contribution < 1.29 is 19.4 Å². The van der Waals surface area contributed by atoms with E-state index in [9.17, 15) is 14.7 Å². The number of allylic oxidation sites excluding steroid dienone is 1. The summed E-state index contributed by atoms with van der Waals surface area (Å²) in [6.45, 7) is 4.38. The van der Waals surface area contributed by atoms with E-state index in [2.05, 4.69) is 5.32 Å². The van der Waals surface area contributed by atoms with Crippen LogP contribution in [-0.4, -0.2) is 29.3 Å². The maximum atomic E-state index is 12.4. The molecule has 0 aliphatic carbocycles. The summed E-state index contributed by atoms with van der Waals surface area (Å²) in [5.41, 5.74) is 1.16. The van der Waals surface area contributed by atoms with Crippen molar-refractivity contribution in [1.82, 2.24) is 0 Å². The summed E-state index contributed by atoms with van der Waals surface area (Å²) in [6, 6.07) is 3.13. The summed E-state index contributed by atoms with van der Waals surface area (Å²) >= 11 is 7.62.